The van der Waals surface area contributed by atoms with E-state index in [1.807, 2.05) is 0 Å². The van der Waals surface area contributed by atoms with Crippen molar-refractivity contribution in [2.24, 2.45) is 0 Å². The Morgan fingerprint density at radius 2 is 1.73 bits per heavy atom. The molecule has 8 unspecified atom stereocenters. The highest BCUT2D eigenvalue weighted by Gasteiger charge is 2.50. The Hall–Kier alpha value is -3.44. The van der Waals surface area contributed by atoms with E-state index in [9.17, 15) is 33.9 Å². The summed E-state index contributed by atoms with van der Waals surface area (Å²) in [6.07, 6.45) is -5.49. The van der Waals surface area contributed by atoms with Crippen molar-refractivity contribution in [3.8, 4) is 0 Å². The van der Waals surface area contributed by atoms with Crippen LogP contribution in [0.4, 0.5) is 11.8 Å². The van der Waals surface area contributed by atoms with Crippen molar-refractivity contribution in [1.82, 2.24) is 39.0 Å². The molecule has 0 aliphatic carbocycles. The van der Waals surface area contributed by atoms with Crippen LogP contribution in [0.5, 0.6) is 0 Å². The molecule has 2 bridgehead atoms. The Bertz CT molecular complexity index is 1870. The van der Waals surface area contributed by atoms with Crippen molar-refractivity contribution in [3.05, 3.63) is 29.3 Å². The summed E-state index contributed by atoms with van der Waals surface area (Å²) in [4.78, 5) is 55.4. The number of fused-ring (bicyclic) bond motifs is 4. The molecule has 45 heavy (non-hydrogen) atoms. The fourth-order valence-electron chi connectivity index (χ4n) is 4.69. The molecule has 0 amide bonds. The number of nitrogen functional groups attached to an aromatic ring is 2. The van der Waals surface area contributed by atoms with Gasteiger partial charge in [0.1, 0.15) is 36.3 Å². The number of aromatic nitrogens is 8. The van der Waals surface area contributed by atoms with Gasteiger partial charge in [-0.2, -0.15) is 4.98 Å². The third-order valence-corrected chi connectivity index (χ3v) is 8.68. The standard InChI is InChI=1S/C20H26N10O13P2/c21-15-11-16(24-5-23-15)30(7-25-11)19-14-13(32)9(42-19)4-40-44(34,35)38-2-8(3-39-45(36,37)43-14)41-10(1-31)29-6-26-12-17(29)27-20(22)28-18(12)33/h5-10,13-14,19,31-32H,1-4H2,(H,34,35)(H,36,37)(H2,21,23,24)(H3,22,27,28,33). The van der Waals surface area contributed by atoms with E-state index >= 15 is 0 Å². The number of H-pyrrole nitrogens is 1. The van der Waals surface area contributed by atoms with E-state index in [2.05, 4.69) is 29.9 Å². The van der Waals surface area contributed by atoms with Gasteiger partial charge in [-0.05, 0) is 0 Å². The second kappa shape index (κ2) is 12.1. The molecule has 0 saturated carbocycles. The van der Waals surface area contributed by atoms with E-state index in [4.69, 9.17) is 39.0 Å². The van der Waals surface area contributed by atoms with Crippen molar-refractivity contribution < 1.29 is 56.7 Å². The minimum atomic E-state index is -5.07. The molecule has 8 atom stereocenters. The molecule has 9 N–H and O–H groups in total. The molecule has 4 aromatic heterocycles. The molecule has 0 aromatic carbocycles. The third kappa shape index (κ3) is 6.34. The van der Waals surface area contributed by atoms with Gasteiger partial charge in [0.05, 0.1) is 39.1 Å². The average molecular weight is 676 g/mol. The number of phosphoric ester groups is 2. The van der Waals surface area contributed by atoms with Gasteiger partial charge in [0.25, 0.3) is 5.56 Å². The number of hydrogen-bond donors (Lipinski definition) is 7. The number of ether oxygens (including phenoxy) is 2. The number of aromatic amines is 1. The van der Waals surface area contributed by atoms with Gasteiger partial charge < -0.3 is 40.9 Å². The van der Waals surface area contributed by atoms with E-state index in [1.165, 1.54) is 10.9 Å². The van der Waals surface area contributed by atoms with Crippen LogP contribution >= 0.6 is 15.6 Å². The van der Waals surface area contributed by atoms with Crippen LogP contribution in [-0.4, -0.2) is 110 Å². The Morgan fingerprint density at radius 1 is 1.02 bits per heavy atom. The van der Waals surface area contributed by atoms with Crippen LogP contribution in [0.3, 0.4) is 0 Å². The molecule has 2 aliphatic heterocycles. The largest absolute Gasteiger partial charge is 0.472 e. The number of aliphatic hydroxyl groups excluding tert-OH is 2. The first-order valence-corrected chi connectivity index (χ1v) is 15.9. The van der Waals surface area contributed by atoms with E-state index in [0.29, 0.717) is 0 Å². The number of hydrogen-bond acceptors (Lipinski definition) is 18. The summed E-state index contributed by atoms with van der Waals surface area (Å²) in [7, 11) is -9.96. The summed E-state index contributed by atoms with van der Waals surface area (Å²) in [5.41, 5.74) is 10.9. The topological polar surface area (TPSA) is 330 Å². The molecule has 2 fully saturated rings. The number of imidazole rings is 2. The highest BCUT2D eigenvalue weighted by Crippen LogP contribution is 2.51. The smallest absolute Gasteiger partial charge is 0.392 e. The lowest BCUT2D eigenvalue weighted by Crippen LogP contribution is -2.35. The quantitative estimate of drug-likeness (QED) is 0.111. The van der Waals surface area contributed by atoms with E-state index in [1.54, 1.807) is 0 Å². The van der Waals surface area contributed by atoms with Crippen LogP contribution in [0.25, 0.3) is 22.3 Å². The highest BCUT2D eigenvalue weighted by molar-refractivity contribution is 7.47. The van der Waals surface area contributed by atoms with Crippen molar-refractivity contribution in [2.75, 3.05) is 37.9 Å². The monoisotopic (exact) mass is 676 g/mol. The number of anilines is 2. The lowest BCUT2D eigenvalue weighted by Gasteiger charge is -2.27. The van der Waals surface area contributed by atoms with Crippen LogP contribution in [-0.2, 0) is 36.7 Å². The SMILES string of the molecule is Nc1nc2c(ncn2C(CO)OC2COP(=O)(O)OCC3OC(n4cnc5c(N)ncnc54)C(OP(=O)(O)OC2)C3O)c(=O)[nH]1. The molecule has 2 saturated heterocycles. The number of nitrogens with one attached hydrogen (secondary N) is 1. The Kier molecular flexibility index (Phi) is 8.45. The molecule has 244 valence electrons. The zero-order valence-electron chi connectivity index (χ0n) is 22.7. The maximum Gasteiger partial charge on any atom is 0.472 e. The summed E-state index contributed by atoms with van der Waals surface area (Å²) in [6.45, 7) is -3.12. The van der Waals surface area contributed by atoms with Gasteiger partial charge in [0, 0.05) is 0 Å². The zero-order chi connectivity index (χ0) is 32.1. The fraction of sp³-hybridized carbons (Fsp3) is 0.500. The number of phosphoric acid groups is 2. The number of nitrogens with two attached hydrogens (primary N) is 2. The van der Waals surface area contributed by atoms with Crippen LogP contribution in [0, 0.1) is 0 Å². The summed E-state index contributed by atoms with van der Waals surface area (Å²) in [5.74, 6) is -0.233. The van der Waals surface area contributed by atoms with E-state index in [0.717, 1.165) is 17.2 Å². The maximum absolute atomic E-state index is 13.1. The molecule has 25 heteroatoms. The zero-order valence-corrected chi connectivity index (χ0v) is 24.5. The fourth-order valence-corrected chi connectivity index (χ4v) is 6.41. The van der Waals surface area contributed by atoms with Crippen molar-refractivity contribution in [2.45, 2.75) is 36.9 Å². The van der Waals surface area contributed by atoms with Crippen LogP contribution in [0.2, 0.25) is 0 Å². The van der Waals surface area contributed by atoms with Crippen molar-refractivity contribution in [1.29, 1.82) is 0 Å². The Balaban J connectivity index is 1.28. The number of rotatable bonds is 5. The van der Waals surface area contributed by atoms with Crippen LogP contribution in [0.15, 0.2) is 23.8 Å². The summed E-state index contributed by atoms with van der Waals surface area (Å²) < 4.78 is 60.3. The van der Waals surface area contributed by atoms with E-state index in [-0.39, 0.29) is 34.1 Å². The summed E-state index contributed by atoms with van der Waals surface area (Å²) in [6, 6.07) is 0. The first-order chi connectivity index (χ1) is 21.4. The molecule has 0 spiro atoms. The van der Waals surface area contributed by atoms with Gasteiger partial charge in [-0.1, -0.05) is 0 Å². The second-order valence-corrected chi connectivity index (χ2v) is 12.6. The molecule has 6 rings (SSSR count). The Morgan fingerprint density at radius 3 is 2.49 bits per heavy atom. The summed E-state index contributed by atoms with van der Waals surface area (Å²) >= 11 is 0. The summed E-state index contributed by atoms with van der Waals surface area (Å²) in [5, 5.41) is 21.0. The van der Waals surface area contributed by atoms with Gasteiger partial charge in [-0.3, -0.25) is 37.0 Å². The first kappa shape index (κ1) is 31.5. The van der Waals surface area contributed by atoms with E-state index < -0.39 is 84.5 Å². The molecule has 23 nitrogen and oxygen atoms in total. The van der Waals surface area contributed by atoms with Crippen molar-refractivity contribution in [3.63, 3.8) is 0 Å². The molecule has 2 aliphatic rings. The van der Waals surface area contributed by atoms with Crippen LogP contribution in [0.1, 0.15) is 12.5 Å². The predicted octanol–water partition coefficient (Wildman–Crippen LogP) is -2.09. The minimum Gasteiger partial charge on any atom is -0.392 e. The normalized spacial score (nSPS) is 32.2. The first-order valence-electron chi connectivity index (χ1n) is 12.9. The lowest BCUT2D eigenvalue weighted by atomic mass is 10.1. The molecular formula is C20H26N10O13P2. The van der Waals surface area contributed by atoms with Gasteiger partial charge in [0.2, 0.25) is 5.95 Å². The van der Waals surface area contributed by atoms with Crippen LogP contribution < -0.4 is 17.0 Å². The highest BCUT2D eigenvalue weighted by atomic mass is 31.2. The third-order valence-electron chi connectivity index (χ3n) is 6.74. The van der Waals surface area contributed by atoms with Gasteiger partial charge >= 0.3 is 15.6 Å². The molecular weight excluding hydrogens is 650 g/mol. The average Bonchev–Trinajstić information content (AvgIpc) is 3.68. The second-order valence-electron chi connectivity index (χ2n) is 9.70. The molecule has 6 heterocycles. The molecule has 4 aromatic rings. The van der Waals surface area contributed by atoms with Crippen molar-refractivity contribution >= 4 is 49.7 Å². The van der Waals surface area contributed by atoms with Gasteiger partial charge in [-0.15, -0.1) is 0 Å². The Labute approximate surface area is 249 Å². The minimum absolute atomic E-state index is 0.0216. The number of aliphatic hydroxyl groups is 2. The maximum atomic E-state index is 13.1. The number of nitrogens with zero attached hydrogens (tertiary/aromatic N) is 7. The molecule has 0 radical (unpaired) electrons. The predicted molar refractivity (Wildman–Crippen MR) is 146 cm³/mol. The van der Waals surface area contributed by atoms with Gasteiger partial charge in [0.15, 0.2) is 35.1 Å². The van der Waals surface area contributed by atoms with Gasteiger partial charge in [-0.25, -0.2) is 29.1 Å². The lowest BCUT2D eigenvalue weighted by molar-refractivity contribution is -0.112.